The molecule has 22 heavy (non-hydrogen) atoms. The Labute approximate surface area is 136 Å². The molecule has 112 valence electrons. The van der Waals surface area contributed by atoms with Gasteiger partial charge in [-0.25, -0.2) is 0 Å². The maximum Gasteiger partial charge on any atom is 0.290 e. The van der Waals surface area contributed by atoms with Crippen molar-refractivity contribution in [2.75, 3.05) is 0 Å². The quantitative estimate of drug-likeness (QED) is 0.539. The lowest BCUT2D eigenvalue weighted by molar-refractivity contribution is 0.132. The van der Waals surface area contributed by atoms with Crippen LogP contribution < -0.4 is 0 Å². The van der Waals surface area contributed by atoms with Gasteiger partial charge >= 0.3 is 0 Å². The Hall–Kier alpha value is -2.17. The molecule has 0 aliphatic carbocycles. The molecule has 1 aromatic heterocycles. The molecule has 3 aromatic rings. The third-order valence-corrected chi connectivity index (χ3v) is 3.70. The van der Waals surface area contributed by atoms with Crippen molar-refractivity contribution in [2.24, 2.45) is 5.16 Å². The molecule has 2 aromatic carbocycles. The predicted molar refractivity (Wildman–Crippen MR) is 86.7 cm³/mol. The van der Waals surface area contributed by atoms with E-state index in [0.717, 1.165) is 10.9 Å². The first-order chi connectivity index (χ1) is 10.6. The van der Waals surface area contributed by atoms with E-state index in [9.17, 15) is 5.11 Å². The fourth-order valence-electron chi connectivity index (χ4n) is 2.03. The first kappa shape index (κ1) is 14.8. The molecule has 3 rings (SSSR count). The Morgan fingerprint density at radius 2 is 1.91 bits per heavy atom. The number of hydrogen-bond donors (Lipinski definition) is 1. The van der Waals surface area contributed by atoms with Gasteiger partial charge in [0, 0.05) is 21.0 Å². The third kappa shape index (κ3) is 3.03. The van der Waals surface area contributed by atoms with Crippen LogP contribution in [-0.4, -0.2) is 11.3 Å². The molecule has 4 nitrogen and oxygen atoms in total. The summed E-state index contributed by atoms with van der Waals surface area (Å²) in [4.78, 5) is 5.20. The van der Waals surface area contributed by atoms with Crippen molar-refractivity contribution in [3.8, 4) is 5.95 Å². The Morgan fingerprint density at radius 3 is 2.68 bits per heavy atom. The largest absolute Gasteiger partial charge is 0.480 e. The monoisotopic (exact) mass is 335 g/mol. The minimum absolute atomic E-state index is 0.141. The summed E-state index contributed by atoms with van der Waals surface area (Å²) < 4.78 is 5.24. The van der Waals surface area contributed by atoms with Crippen LogP contribution in [0.2, 0.25) is 10.0 Å². The maximum absolute atomic E-state index is 9.69. The number of nitrogens with zero attached hydrogens (tertiary/aromatic N) is 1. The summed E-state index contributed by atoms with van der Waals surface area (Å²) in [6, 6.07) is 12.4. The molecule has 0 atom stereocenters. The van der Waals surface area contributed by atoms with Crippen molar-refractivity contribution in [3.63, 3.8) is 0 Å². The molecule has 0 aliphatic heterocycles. The van der Waals surface area contributed by atoms with Gasteiger partial charge in [-0.3, -0.25) is 0 Å². The van der Waals surface area contributed by atoms with Crippen LogP contribution in [0, 0.1) is 0 Å². The summed E-state index contributed by atoms with van der Waals surface area (Å²) in [5.41, 5.74) is 0.773. The van der Waals surface area contributed by atoms with Gasteiger partial charge in [0.1, 0.15) is 12.8 Å². The van der Waals surface area contributed by atoms with E-state index >= 15 is 0 Å². The van der Waals surface area contributed by atoms with Crippen molar-refractivity contribution < 1.29 is 14.4 Å². The van der Waals surface area contributed by atoms with Gasteiger partial charge in [0.2, 0.25) is 0 Å². The van der Waals surface area contributed by atoms with Gasteiger partial charge in [0.25, 0.3) is 5.95 Å². The third-order valence-electron chi connectivity index (χ3n) is 3.11. The molecule has 0 aliphatic rings. The van der Waals surface area contributed by atoms with Crippen molar-refractivity contribution in [1.29, 1.82) is 0 Å². The Kier molecular flexibility index (Phi) is 4.22. The summed E-state index contributed by atoms with van der Waals surface area (Å²) in [6.07, 6.45) is 1.41. The predicted octanol–water partition coefficient (Wildman–Crippen LogP) is 5.00. The van der Waals surface area contributed by atoms with Crippen LogP contribution >= 0.6 is 23.2 Å². The van der Waals surface area contributed by atoms with E-state index in [-0.39, 0.29) is 12.6 Å². The molecule has 1 N–H and O–H groups in total. The zero-order chi connectivity index (χ0) is 15.5. The van der Waals surface area contributed by atoms with Crippen LogP contribution in [-0.2, 0) is 11.4 Å². The Bertz CT molecular complexity index is 843. The van der Waals surface area contributed by atoms with E-state index in [0.29, 0.717) is 21.2 Å². The van der Waals surface area contributed by atoms with Crippen LogP contribution in [0.5, 0.6) is 5.95 Å². The van der Waals surface area contributed by atoms with Crippen LogP contribution in [0.25, 0.3) is 10.8 Å². The molecule has 6 heteroatoms. The van der Waals surface area contributed by atoms with Gasteiger partial charge in [-0.1, -0.05) is 52.6 Å². The van der Waals surface area contributed by atoms with Gasteiger partial charge in [0.05, 0.1) is 5.39 Å². The Balaban J connectivity index is 1.71. The summed E-state index contributed by atoms with van der Waals surface area (Å²) in [5, 5.41) is 16.0. The lowest BCUT2D eigenvalue weighted by Crippen LogP contribution is -1.89. The molecule has 0 fully saturated rings. The SMILES string of the molecule is Oc1oc(/C=N/OCc2ccc(Cl)cc2Cl)c2ccccc12. The van der Waals surface area contributed by atoms with Gasteiger partial charge in [-0.15, -0.1) is 0 Å². The molecule has 0 saturated heterocycles. The molecule has 1 heterocycles. The van der Waals surface area contributed by atoms with E-state index in [1.807, 2.05) is 18.2 Å². The summed E-state index contributed by atoms with van der Waals surface area (Å²) in [7, 11) is 0. The highest BCUT2D eigenvalue weighted by Gasteiger charge is 2.09. The fourth-order valence-corrected chi connectivity index (χ4v) is 2.49. The van der Waals surface area contributed by atoms with Crippen molar-refractivity contribution in [2.45, 2.75) is 6.61 Å². The standard InChI is InChI=1S/C16H11Cl2NO3/c17-11-6-5-10(14(18)7-11)9-21-19-8-15-12-3-1-2-4-13(12)16(20)22-15/h1-8,20H,9H2/b19-8+. The van der Waals surface area contributed by atoms with E-state index in [4.69, 9.17) is 32.5 Å². The first-order valence-corrected chi connectivity index (χ1v) is 7.20. The molecule has 0 saturated carbocycles. The lowest BCUT2D eigenvalue weighted by atomic mass is 10.2. The average molecular weight is 336 g/mol. The van der Waals surface area contributed by atoms with Gasteiger partial charge in [-0.2, -0.15) is 0 Å². The number of fused-ring (bicyclic) bond motifs is 1. The number of halogens is 2. The zero-order valence-corrected chi connectivity index (χ0v) is 12.8. The minimum atomic E-state index is -0.141. The lowest BCUT2D eigenvalue weighted by Gasteiger charge is -2.02. The second-order valence-corrected chi connectivity index (χ2v) is 5.40. The van der Waals surface area contributed by atoms with Crippen molar-refractivity contribution in [3.05, 3.63) is 63.8 Å². The molecule has 0 spiro atoms. The van der Waals surface area contributed by atoms with E-state index in [1.165, 1.54) is 6.21 Å². The minimum Gasteiger partial charge on any atom is -0.480 e. The number of oxime groups is 1. The van der Waals surface area contributed by atoms with Crippen LogP contribution in [0.1, 0.15) is 11.3 Å². The van der Waals surface area contributed by atoms with Crippen LogP contribution in [0.3, 0.4) is 0 Å². The second-order valence-electron chi connectivity index (χ2n) is 4.56. The molecule has 0 radical (unpaired) electrons. The highest BCUT2D eigenvalue weighted by molar-refractivity contribution is 6.35. The van der Waals surface area contributed by atoms with E-state index < -0.39 is 0 Å². The smallest absolute Gasteiger partial charge is 0.290 e. The normalized spacial score (nSPS) is 11.4. The van der Waals surface area contributed by atoms with Crippen molar-refractivity contribution >= 4 is 40.2 Å². The topological polar surface area (TPSA) is 55.0 Å². The van der Waals surface area contributed by atoms with Crippen LogP contribution in [0.4, 0.5) is 0 Å². The molecular weight excluding hydrogens is 325 g/mol. The number of furan rings is 1. The number of aromatic hydroxyl groups is 1. The fraction of sp³-hybridized carbons (Fsp3) is 0.0625. The average Bonchev–Trinajstić information content (AvgIpc) is 2.82. The number of rotatable bonds is 4. The maximum atomic E-state index is 9.69. The van der Waals surface area contributed by atoms with E-state index in [1.54, 1.807) is 24.3 Å². The zero-order valence-electron chi connectivity index (χ0n) is 11.3. The molecular formula is C16H11Cl2NO3. The van der Waals surface area contributed by atoms with Gasteiger partial charge in [0.15, 0.2) is 5.76 Å². The van der Waals surface area contributed by atoms with Gasteiger partial charge in [-0.05, 0) is 18.2 Å². The van der Waals surface area contributed by atoms with E-state index in [2.05, 4.69) is 5.16 Å². The Morgan fingerprint density at radius 1 is 1.14 bits per heavy atom. The van der Waals surface area contributed by atoms with Crippen molar-refractivity contribution in [1.82, 2.24) is 0 Å². The highest BCUT2D eigenvalue weighted by atomic mass is 35.5. The molecule has 0 bridgehead atoms. The summed E-state index contributed by atoms with van der Waals surface area (Å²) in [5.74, 6) is 0.285. The van der Waals surface area contributed by atoms with Crippen LogP contribution in [0.15, 0.2) is 52.0 Å². The first-order valence-electron chi connectivity index (χ1n) is 6.45. The number of benzene rings is 2. The summed E-state index contributed by atoms with van der Waals surface area (Å²) >= 11 is 11.9. The number of hydrogen-bond acceptors (Lipinski definition) is 4. The van der Waals surface area contributed by atoms with Gasteiger partial charge < -0.3 is 14.4 Å². The highest BCUT2D eigenvalue weighted by Crippen LogP contribution is 2.29. The molecule has 0 unspecified atom stereocenters. The second kappa shape index (κ2) is 6.30. The summed E-state index contributed by atoms with van der Waals surface area (Å²) in [6.45, 7) is 0.205. The molecule has 0 amide bonds.